The second-order valence-corrected chi connectivity index (χ2v) is 7.18. The highest BCUT2D eigenvalue weighted by Crippen LogP contribution is 2.21. The van der Waals surface area contributed by atoms with E-state index in [1.165, 1.54) is 11.3 Å². The van der Waals surface area contributed by atoms with Crippen molar-refractivity contribution in [2.45, 2.75) is 31.7 Å². The molecule has 3 N–H and O–H groups in total. The zero-order chi connectivity index (χ0) is 17.8. The van der Waals surface area contributed by atoms with Crippen molar-refractivity contribution < 1.29 is 19.2 Å². The molecule has 3 rings (SSSR count). The first-order valence-electron chi connectivity index (χ1n) is 8.28. The molecule has 2 fully saturated rings. The molecule has 2 heterocycles. The Balaban J connectivity index is 1.40. The minimum Gasteiger partial charge on any atom is -0.345 e. The van der Waals surface area contributed by atoms with Crippen LogP contribution in [0, 0.1) is 5.92 Å². The standard InChI is InChI=1S/C16H20N4O4S/c21-13(18-19-15(23)14(22)17-11-3-4-11)10-5-7-20(8-6-10)16(24)12-2-1-9-25-12/h1-2,9-11H,3-8H2,(H,17,22)(H,18,21)(H,19,23). The van der Waals surface area contributed by atoms with Crippen LogP contribution in [-0.4, -0.2) is 47.7 Å². The van der Waals surface area contributed by atoms with Crippen molar-refractivity contribution in [2.24, 2.45) is 5.92 Å². The Bertz CT molecular complexity index is 664. The quantitative estimate of drug-likeness (QED) is 0.519. The van der Waals surface area contributed by atoms with Crippen molar-refractivity contribution in [2.75, 3.05) is 13.1 Å². The second kappa shape index (κ2) is 7.64. The molecular formula is C16H20N4O4S. The molecular weight excluding hydrogens is 344 g/mol. The van der Waals surface area contributed by atoms with Gasteiger partial charge in [-0.15, -0.1) is 11.3 Å². The number of hydrazine groups is 1. The molecule has 0 spiro atoms. The molecule has 25 heavy (non-hydrogen) atoms. The van der Waals surface area contributed by atoms with Crippen LogP contribution < -0.4 is 16.2 Å². The summed E-state index contributed by atoms with van der Waals surface area (Å²) in [6.45, 7) is 0.982. The maximum Gasteiger partial charge on any atom is 0.327 e. The molecule has 1 aromatic rings. The van der Waals surface area contributed by atoms with Gasteiger partial charge in [0.05, 0.1) is 4.88 Å². The molecule has 0 radical (unpaired) electrons. The lowest BCUT2D eigenvalue weighted by atomic mass is 9.96. The molecule has 0 aromatic carbocycles. The summed E-state index contributed by atoms with van der Waals surface area (Å²) in [6.07, 6.45) is 2.81. The monoisotopic (exact) mass is 364 g/mol. The number of amides is 4. The average molecular weight is 364 g/mol. The molecule has 1 saturated heterocycles. The van der Waals surface area contributed by atoms with Gasteiger partial charge in [-0.2, -0.15) is 0 Å². The van der Waals surface area contributed by atoms with Gasteiger partial charge in [0.2, 0.25) is 5.91 Å². The van der Waals surface area contributed by atoms with E-state index >= 15 is 0 Å². The molecule has 2 aliphatic rings. The summed E-state index contributed by atoms with van der Waals surface area (Å²) in [5.74, 6) is -2.25. The summed E-state index contributed by atoms with van der Waals surface area (Å²) in [7, 11) is 0. The summed E-state index contributed by atoms with van der Waals surface area (Å²) in [4.78, 5) is 49.9. The van der Waals surface area contributed by atoms with E-state index in [1.807, 2.05) is 11.4 Å². The highest BCUT2D eigenvalue weighted by molar-refractivity contribution is 7.12. The summed E-state index contributed by atoms with van der Waals surface area (Å²) >= 11 is 1.40. The van der Waals surface area contributed by atoms with E-state index in [2.05, 4.69) is 16.2 Å². The van der Waals surface area contributed by atoms with Gasteiger partial charge in [-0.25, -0.2) is 0 Å². The van der Waals surface area contributed by atoms with Crippen molar-refractivity contribution in [1.82, 2.24) is 21.1 Å². The molecule has 8 nitrogen and oxygen atoms in total. The Morgan fingerprint density at radius 2 is 1.72 bits per heavy atom. The Hall–Kier alpha value is -2.42. The third-order valence-electron chi connectivity index (χ3n) is 4.30. The molecule has 1 aliphatic heterocycles. The minimum absolute atomic E-state index is 0.0149. The van der Waals surface area contributed by atoms with E-state index in [-0.39, 0.29) is 23.8 Å². The van der Waals surface area contributed by atoms with Crippen LogP contribution in [0.4, 0.5) is 0 Å². The van der Waals surface area contributed by atoms with Gasteiger partial charge in [0.15, 0.2) is 0 Å². The lowest BCUT2D eigenvalue weighted by Crippen LogP contribution is -2.51. The lowest BCUT2D eigenvalue weighted by Gasteiger charge is -2.31. The number of nitrogens with one attached hydrogen (secondary N) is 3. The van der Waals surface area contributed by atoms with Gasteiger partial charge in [0.25, 0.3) is 5.91 Å². The van der Waals surface area contributed by atoms with Crippen molar-refractivity contribution in [3.63, 3.8) is 0 Å². The van der Waals surface area contributed by atoms with Gasteiger partial charge < -0.3 is 10.2 Å². The normalized spacial score (nSPS) is 17.7. The fourth-order valence-electron chi connectivity index (χ4n) is 2.66. The second-order valence-electron chi connectivity index (χ2n) is 6.23. The maximum absolute atomic E-state index is 12.3. The van der Waals surface area contributed by atoms with Crippen molar-refractivity contribution in [3.05, 3.63) is 22.4 Å². The molecule has 1 aliphatic carbocycles. The van der Waals surface area contributed by atoms with Crippen LogP contribution in [0.1, 0.15) is 35.4 Å². The van der Waals surface area contributed by atoms with E-state index in [1.54, 1.807) is 11.0 Å². The number of nitrogens with zero attached hydrogens (tertiary/aromatic N) is 1. The average Bonchev–Trinajstić information content (AvgIpc) is 3.27. The molecule has 0 bridgehead atoms. The predicted octanol–water partition coefficient (Wildman–Crippen LogP) is 0.0263. The van der Waals surface area contributed by atoms with Gasteiger partial charge in [-0.1, -0.05) is 6.07 Å². The Morgan fingerprint density at radius 1 is 1.00 bits per heavy atom. The number of rotatable bonds is 3. The third kappa shape index (κ3) is 4.56. The van der Waals surface area contributed by atoms with Crippen LogP contribution in [0.15, 0.2) is 17.5 Å². The summed E-state index contributed by atoms with van der Waals surface area (Å²) in [5.41, 5.74) is 4.44. The SMILES string of the molecule is O=C(NNC(=O)C1CCN(C(=O)c2cccs2)CC1)C(=O)NC1CC1. The van der Waals surface area contributed by atoms with Crippen molar-refractivity contribution in [3.8, 4) is 0 Å². The van der Waals surface area contributed by atoms with Gasteiger partial charge in [-0.3, -0.25) is 30.0 Å². The summed E-state index contributed by atoms with van der Waals surface area (Å²) < 4.78 is 0. The number of piperidine rings is 1. The molecule has 9 heteroatoms. The topological polar surface area (TPSA) is 108 Å². The summed E-state index contributed by atoms with van der Waals surface area (Å²) in [5, 5.41) is 4.40. The van der Waals surface area contributed by atoms with Gasteiger partial charge in [0.1, 0.15) is 0 Å². The van der Waals surface area contributed by atoms with Crippen LogP contribution in [0.25, 0.3) is 0 Å². The number of carbonyl (C=O) groups is 4. The summed E-state index contributed by atoms with van der Waals surface area (Å²) in [6, 6.07) is 3.70. The number of thiophene rings is 1. The van der Waals surface area contributed by atoms with Gasteiger partial charge >= 0.3 is 11.8 Å². The number of hydrogen-bond donors (Lipinski definition) is 3. The smallest absolute Gasteiger partial charge is 0.327 e. The largest absolute Gasteiger partial charge is 0.345 e. The van der Waals surface area contributed by atoms with Crippen LogP contribution in [0.2, 0.25) is 0 Å². The predicted molar refractivity (Wildman–Crippen MR) is 90.4 cm³/mol. The first kappa shape index (κ1) is 17.4. The maximum atomic E-state index is 12.3. The molecule has 0 atom stereocenters. The minimum atomic E-state index is -0.870. The van der Waals surface area contributed by atoms with Gasteiger partial charge in [0, 0.05) is 25.0 Å². The van der Waals surface area contributed by atoms with E-state index in [9.17, 15) is 19.2 Å². The van der Waals surface area contributed by atoms with E-state index < -0.39 is 11.8 Å². The van der Waals surface area contributed by atoms with E-state index in [4.69, 9.17) is 0 Å². The zero-order valence-electron chi connectivity index (χ0n) is 13.6. The highest BCUT2D eigenvalue weighted by atomic mass is 32.1. The highest BCUT2D eigenvalue weighted by Gasteiger charge is 2.29. The van der Waals surface area contributed by atoms with Crippen molar-refractivity contribution >= 4 is 35.0 Å². The number of carbonyl (C=O) groups excluding carboxylic acids is 4. The first-order chi connectivity index (χ1) is 12.0. The van der Waals surface area contributed by atoms with Crippen LogP contribution in [-0.2, 0) is 14.4 Å². The fraction of sp³-hybridized carbons (Fsp3) is 0.500. The molecule has 1 aromatic heterocycles. The Labute approximate surface area is 148 Å². The van der Waals surface area contributed by atoms with Crippen molar-refractivity contribution in [1.29, 1.82) is 0 Å². The Morgan fingerprint density at radius 3 is 2.32 bits per heavy atom. The molecule has 134 valence electrons. The van der Waals surface area contributed by atoms with Crippen LogP contribution >= 0.6 is 11.3 Å². The Kier molecular flexibility index (Phi) is 5.32. The molecule has 0 unspecified atom stereocenters. The zero-order valence-corrected chi connectivity index (χ0v) is 14.4. The third-order valence-corrected chi connectivity index (χ3v) is 5.16. The van der Waals surface area contributed by atoms with Crippen LogP contribution in [0.3, 0.4) is 0 Å². The van der Waals surface area contributed by atoms with E-state index in [0.29, 0.717) is 30.8 Å². The molecule has 1 saturated carbocycles. The van der Waals surface area contributed by atoms with Gasteiger partial charge in [-0.05, 0) is 37.1 Å². The number of likely N-dealkylation sites (tertiary alicyclic amines) is 1. The van der Waals surface area contributed by atoms with E-state index in [0.717, 1.165) is 12.8 Å². The lowest BCUT2D eigenvalue weighted by molar-refractivity contribution is -0.141. The first-order valence-corrected chi connectivity index (χ1v) is 9.16. The number of hydrogen-bond acceptors (Lipinski definition) is 5. The fourth-order valence-corrected chi connectivity index (χ4v) is 3.35. The van der Waals surface area contributed by atoms with Crippen LogP contribution in [0.5, 0.6) is 0 Å². The molecule has 4 amide bonds.